The van der Waals surface area contributed by atoms with Crippen LogP contribution in [0, 0.1) is 0 Å². The zero-order valence-corrected chi connectivity index (χ0v) is 11.5. The highest BCUT2D eigenvalue weighted by atomic mass is 16.2. The number of amides is 1. The van der Waals surface area contributed by atoms with Crippen molar-refractivity contribution in [2.75, 3.05) is 20.1 Å². The van der Waals surface area contributed by atoms with Crippen molar-refractivity contribution < 1.29 is 4.79 Å². The number of likely N-dealkylation sites (tertiary alicyclic amines) is 1. The summed E-state index contributed by atoms with van der Waals surface area (Å²) in [5.41, 5.74) is 7.08. The molecule has 0 aromatic heterocycles. The molecule has 0 radical (unpaired) electrons. The van der Waals surface area contributed by atoms with Gasteiger partial charge >= 0.3 is 0 Å². The minimum absolute atomic E-state index is 0.0293. The van der Waals surface area contributed by atoms with Crippen LogP contribution in [0.25, 0.3) is 0 Å². The Morgan fingerprint density at radius 1 is 1.37 bits per heavy atom. The summed E-state index contributed by atoms with van der Waals surface area (Å²) in [5, 5.41) is 3.07. The van der Waals surface area contributed by atoms with Crippen molar-refractivity contribution in [3.8, 4) is 0 Å². The van der Waals surface area contributed by atoms with E-state index >= 15 is 0 Å². The second kappa shape index (κ2) is 6.68. The average Bonchev–Trinajstić information content (AvgIpc) is 2.42. The largest absolute Gasteiger partial charge is 0.352 e. The lowest BCUT2D eigenvalue weighted by Crippen LogP contribution is -2.49. The van der Waals surface area contributed by atoms with Gasteiger partial charge in [-0.15, -0.1) is 0 Å². The van der Waals surface area contributed by atoms with Crippen LogP contribution in [0.1, 0.15) is 18.4 Å². The third-order valence-corrected chi connectivity index (χ3v) is 3.70. The van der Waals surface area contributed by atoms with E-state index in [-0.39, 0.29) is 11.9 Å². The van der Waals surface area contributed by atoms with Crippen molar-refractivity contribution in [1.29, 1.82) is 0 Å². The molecule has 4 heteroatoms. The molecule has 4 nitrogen and oxygen atoms in total. The highest BCUT2D eigenvalue weighted by molar-refractivity contribution is 5.82. The fourth-order valence-electron chi connectivity index (χ4n) is 2.42. The predicted octanol–water partition coefficient (Wildman–Crippen LogP) is 0.767. The van der Waals surface area contributed by atoms with Crippen LogP contribution in [0.5, 0.6) is 0 Å². The second-order valence-corrected chi connectivity index (χ2v) is 5.38. The van der Waals surface area contributed by atoms with Crippen molar-refractivity contribution in [2.24, 2.45) is 5.73 Å². The zero-order valence-electron chi connectivity index (χ0n) is 11.5. The van der Waals surface area contributed by atoms with E-state index in [4.69, 9.17) is 5.73 Å². The summed E-state index contributed by atoms with van der Waals surface area (Å²) in [7, 11) is 2.11. The number of carbonyl (C=O) groups is 1. The smallest absolute Gasteiger partial charge is 0.237 e. The van der Waals surface area contributed by atoms with Gasteiger partial charge in [0.15, 0.2) is 0 Å². The minimum Gasteiger partial charge on any atom is -0.352 e. The quantitative estimate of drug-likeness (QED) is 0.841. The third-order valence-electron chi connectivity index (χ3n) is 3.70. The van der Waals surface area contributed by atoms with E-state index in [9.17, 15) is 4.79 Å². The molecule has 19 heavy (non-hydrogen) atoms. The van der Waals surface area contributed by atoms with Gasteiger partial charge < -0.3 is 16.0 Å². The predicted molar refractivity (Wildman–Crippen MR) is 76.8 cm³/mol. The molecule has 1 unspecified atom stereocenters. The second-order valence-electron chi connectivity index (χ2n) is 5.38. The summed E-state index contributed by atoms with van der Waals surface area (Å²) in [5.74, 6) is -0.0293. The third kappa shape index (κ3) is 4.33. The maximum absolute atomic E-state index is 12.0. The maximum atomic E-state index is 12.0. The number of rotatable bonds is 4. The highest BCUT2D eigenvalue weighted by Gasteiger charge is 2.21. The van der Waals surface area contributed by atoms with Crippen LogP contribution in [0.4, 0.5) is 0 Å². The van der Waals surface area contributed by atoms with Crippen molar-refractivity contribution in [2.45, 2.75) is 31.3 Å². The Bertz CT molecular complexity index is 399. The number of nitrogens with zero attached hydrogens (tertiary/aromatic N) is 1. The van der Waals surface area contributed by atoms with Gasteiger partial charge in [0.25, 0.3) is 0 Å². The van der Waals surface area contributed by atoms with E-state index in [2.05, 4.69) is 17.3 Å². The van der Waals surface area contributed by atoms with Crippen LogP contribution in [-0.4, -0.2) is 43.0 Å². The zero-order chi connectivity index (χ0) is 13.7. The molecule has 1 atom stereocenters. The normalized spacial score (nSPS) is 19.1. The Morgan fingerprint density at radius 3 is 2.63 bits per heavy atom. The summed E-state index contributed by atoms with van der Waals surface area (Å²) in [4.78, 5) is 14.3. The van der Waals surface area contributed by atoms with Crippen molar-refractivity contribution >= 4 is 5.91 Å². The van der Waals surface area contributed by atoms with Crippen molar-refractivity contribution in [3.05, 3.63) is 35.9 Å². The van der Waals surface area contributed by atoms with E-state index in [1.807, 2.05) is 30.3 Å². The van der Waals surface area contributed by atoms with E-state index < -0.39 is 6.04 Å². The fraction of sp³-hybridized carbons (Fsp3) is 0.533. The Balaban J connectivity index is 1.79. The SMILES string of the molecule is CN1CCC(NC(=O)C(N)Cc2ccccc2)CC1. The Kier molecular flexibility index (Phi) is 4.93. The molecule has 0 saturated carbocycles. The van der Waals surface area contributed by atoms with E-state index in [1.165, 1.54) is 0 Å². The molecule has 1 aromatic rings. The minimum atomic E-state index is -0.456. The summed E-state index contributed by atoms with van der Waals surface area (Å²) < 4.78 is 0. The first-order chi connectivity index (χ1) is 9.15. The number of piperidine rings is 1. The lowest BCUT2D eigenvalue weighted by molar-refractivity contribution is -0.123. The Labute approximate surface area is 115 Å². The Hall–Kier alpha value is -1.39. The van der Waals surface area contributed by atoms with Gasteiger partial charge in [0.2, 0.25) is 5.91 Å². The molecule has 1 aliphatic rings. The van der Waals surface area contributed by atoms with Gasteiger partial charge in [-0.05, 0) is 45.0 Å². The average molecular weight is 261 g/mol. The number of hydrogen-bond acceptors (Lipinski definition) is 3. The number of carbonyl (C=O) groups excluding carboxylic acids is 1. The molecule has 104 valence electrons. The number of nitrogens with two attached hydrogens (primary N) is 1. The van der Waals surface area contributed by atoms with Crippen molar-refractivity contribution in [1.82, 2.24) is 10.2 Å². The van der Waals surface area contributed by atoms with Gasteiger partial charge in [-0.3, -0.25) is 4.79 Å². The van der Waals surface area contributed by atoms with Crippen LogP contribution in [0.2, 0.25) is 0 Å². The van der Waals surface area contributed by atoms with E-state index in [1.54, 1.807) is 0 Å². The molecule has 1 aromatic carbocycles. The molecule has 1 amide bonds. The van der Waals surface area contributed by atoms with Crippen molar-refractivity contribution in [3.63, 3.8) is 0 Å². The van der Waals surface area contributed by atoms with Crippen LogP contribution >= 0.6 is 0 Å². The van der Waals surface area contributed by atoms with Gasteiger partial charge in [0.05, 0.1) is 6.04 Å². The van der Waals surface area contributed by atoms with Gasteiger partial charge in [-0.2, -0.15) is 0 Å². The van der Waals surface area contributed by atoms with Crippen LogP contribution in [-0.2, 0) is 11.2 Å². The molecule has 0 spiro atoms. The summed E-state index contributed by atoms with van der Waals surface area (Å²) >= 11 is 0. The molecule has 1 heterocycles. The lowest BCUT2D eigenvalue weighted by Gasteiger charge is -2.30. The van der Waals surface area contributed by atoms with E-state index in [0.717, 1.165) is 31.5 Å². The standard InChI is InChI=1S/C15H23N3O/c1-18-9-7-13(8-10-18)17-15(19)14(16)11-12-5-3-2-4-6-12/h2-6,13-14H,7-11,16H2,1H3,(H,17,19). The van der Waals surface area contributed by atoms with Gasteiger partial charge in [0, 0.05) is 6.04 Å². The molecule has 1 aliphatic heterocycles. The molecular formula is C15H23N3O. The topological polar surface area (TPSA) is 58.4 Å². The molecule has 1 fully saturated rings. The molecule has 0 bridgehead atoms. The van der Waals surface area contributed by atoms with Gasteiger partial charge in [0.1, 0.15) is 0 Å². The lowest BCUT2D eigenvalue weighted by atomic mass is 10.0. The Morgan fingerprint density at radius 2 is 2.00 bits per heavy atom. The number of hydrogen-bond donors (Lipinski definition) is 2. The summed E-state index contributed by atoms with van der Waals surface area (Å²) in [6.45, 7) is 2.08. The van der Waals surface area contributed by atoms with Crippen LogP contribution in [0.3, 0.4) is 0 Å². The maximum Gasteiger partial charge on any atom is 0.237 e. The molecule has 0 aliphatic carbocycles. The summed E-state index contributed by atoms with van der Waals surface area (Å²) in [6.07, 6.45) is 2.62. The number of benzene rings is 1. The molecule has 1 saturated heterocycles. The van der Waals surface area contributed by atoms with E-state index in [0.29, 0.717) is 6.42 Å². The summed E-state index contributed by atoms with van der Waals surface area (Å²) in [6, 6.07) is 9.74. The highest BCUT2D eigenvalue weighted by Crippen LogP contribution is 2.09. The fourth-order valence-corrected chi connectivity index (χ4v) is 2.42. The number of nitrogens with one attached hydrogen (secondary N) is 1. The molecule has 2 rings (SSSR count). The van der Waals surface area contributed by atoms with Gasteiger partial charge in [-0.25, -0.2) is 0 Å². The molecular weight excluding hydrogens is 238 g/mol. The van der Waals surface area contributed by atoms with Gasteiger partial charge in [-0.1, -0.05) is 30.3 Å². The molecule has 3 N–H and O–H groups in total. The monoisotopic (exact) mass is 261 g/mol. The first-order valence-corrected chi connectivity index (χ1v) is 6.93. The van der Waals surface area contributed by atoms with Crippen LogP contribution < -0.4 is 11.1 Å². The van der Waals surface area contributed by atoms with Crippen LogP contribution in [0.15, 0.2) is 30.3 Å². The first kappa shape index (κ1) is 14.0. The first-order valence-electron chi connectivity index (χ1n) is 6.93.